The van der Waals surface area contributed by atoms with Gasteiger partial charge in [-0.3, -0.25) is 9.59 Å². The maximum Gasteiger partial charge on any atom is 0.247 e. The Balaban J connectivity index is 1.84. The number of hydrogen-bond donors (Lipinski definition) is 1. The van der Waals surface area contributed by atoms with Crippen molar-refractivity contribution in [1.82, 2.24) is 30.4 Å². The molecule has 0 radical (unpaired) electrons. The van der Waals surface area contributed by atoms with Gasteiger partial charge >= 0.3 is 0 Å². The van der Waals surface area contributed by atoms with Gasteiger partial charge in [0.25, 0.3) is 0 Å². The number of methoxy groups -OCH3 is 1. The van der Waals surface area contributed by atoms with E-state index in [1.54, 1.807) is 36.3 Å². The first-order valence-corrected chi connectivity index (χ1v) is 11.8. The Labute approximate surface area is 210 Å². The van der Waals surface area contributed by atoms with Gasteiger partial charge in [0.15, 0.2) is 0 Å². The summed E-state index contributed by atoms with van der Waals surface area (Å²) in [5.74, 6) is 0.589. The molecule has 0 aliphatic heterocycles. The van der Waals surface area contributed by atoms with Crippen molar-refractivity contribution in [3.05, 3.63) is 59.1 Å². The van der Waals surface area contributed by atoms with Crippen molar-refractivity contribution in [2.75, 3.05) is 7.11 Å². The zero-order valence-corrected chi connectivity index (χ0v) is 21.4. The number of halogens is 1. The molecular formula is C25H31ClN6O3. The van der Waals surface area contributed by atoms with E-state index >= 15 is 0 Å². The van der Waals surface area contributed by atoms with Crippen LogP contribution in [0, 0.1) is 0 Å². The standard InChI is InChI=1S/C25H31ClN6O3/c1-6-21(24(34)27-25(2,3)4)31(15-17-7-13-20(35-5)14-8-17)22(33)16-32-29-23(28-30-32)18-9-11-19(26)12-10-18/h7-14,21H,6,15-16H2,1-5H3,(H,27,34)/t21-/m1/s1. The number of carbonyl (C=O) groups is 2. The van der Waals surface area contributed by atoms with Crippen molar-refractivity contribution in [3.8, 4) is 17.1 Å². The molecule has 0 saturated carbocycles. The predicted octanol–water partition coefficient (Wildman–Crippen LogP) is 3.72. The molecule has 3 aromatic rings. The summed E-state index contributed by atoms with van der Waals surface area (Å²) in [6.45, 7) is 7.70. The number of nitrogens with zero attached hydrogens (tertiary/aromatic N) is 5. The van der Waals surface area contributed by atoms with Gasteiger partial charge in [0.2, 0.25) is 17.6 Å². The van der Waals surface area contributed by atoms with Crippen LogP contribution >= 0.6 is 11.6 Å². The molecule has 2 aromatic carbocycles. The average molecular weight is 499 g/mol. The second-order valence-electron chi connectivity index (χ2n) is 9.18. The molecule has 1 N–H and O–H groups in total. The Kier molecular flexibility index (Phi) is 8.45. The number of carbonyl (C=O) groups excluding carboxylic acids is 2. The summed E-state index contributed by atoms with van der Waals surface area (Å²) in [7, 11) is 1.60. The van der Waals surface area contributed by atoms with Crippen molar-refractivity contribution in [1.29, 1.82) is 0 Å². The Bertz CT molecular complexity index is 1140. The number of aromatic nitrogens is 4. The molecule has 9 nitrogen and oxygen atoms in total. The van der Waals surface area contributed by atoms with E-state index in [2.05, 4.69) is 20.7 Å². The van der Waals surface area contributed by atoms with Crippen LogP contribution in [0.15, 0.2) is 48.5 Å². The number of ether oxygens (including phenoxy) is 1. The molecule has 186 valence electrons. The second kappa shape index (κ2) is 11.3. The molecule has 0 fully saturated rings. The van der Waals surface area contributed by atoms with Gasteiger partial charge in [0, 0.05) is 22.7 Å². The highest BCUT2D eigenvalue weighted by molar-refractivity contribution is 6.30. The largest absolute Gasteiger partial charge is 0.497 e. The Morgan fingerprint density at radius 1 is 1.11 bits per heavy atom. The van der Waals surface area contributed by atoms with Gasteiger partial charge in [0.05, 0.1) is 7.11 Å². The quantitative estimate of drug-likeness (QED) is 0.482. The number of hydrogen-bond acceptors (Lipinski definition) is 6. The van der Waals surface area contributed by atoms with Crippen LogP contribution in [0.1, 0.15) is 39.7 Å². The number of benzene rings is 2. The minimum absolute atomic E-state index is 0.157. The Hall–Kier alpha value is -3.46. The van der Waals surface area contributed by atoms with Gasteiger partial charge in [-0.2, -0.15) is 4.80 Å². The topological polar surface area (TPSA) is 102 Å². The first-order valence-electron chi connectivity index (χ1n) is 11.4. The molecule has 0 unspecified atom stereocenters. The van der Waals surface area contributed by atoms with E-state index in [-0.39, 0.29) is 24.9 Å². The third kappa shape index (κ3) is 7.26. The minimum Gasteiger partial charge on any atom is -0.497 e. The maximum absolute atomic E-state index is 13.5. The number of nitrogens with one attached hydrogen (secondary N) is 1. The molecule has 0 spiro atoms. The van der Waals surface area contributed by atoms with Crippen molar-refractivity contribution in [3.63, 3.8) is 0 Å². The number of amides is 2. The van der Waals surface area contributed by atoms with Gasteiger partial charge in [-0.1, -0.05) is 30.7 Å². The Morgan fingerprint density at radius 2 is 1.77 bits per heavy atom. The maximum atomic E-state index is 13.5. The van der Waals surface area contributed by atoms with Gasteiger partial charge < -0.3 is 15.0 Å². The van der Waals surface area contributed by atoms with Crippen LogP contribution < -0.4 is 10.1 Å². The predicted molar refractivity (Wildman–Crippen MR) is 134 cm³/mol. The molecule has 0 saturated heterocycles. The third-order valence-corrected chi connectivity index (χ3v) is 5.48. The lowest BCUT2D eigenvalue weighted by atomic mass is 10.1. The first kappa shape index (κ1) is 26.2. The third-order valence-electron chi connectivity index (χ3n) is 5.23. The fraction of sp³-hybridized carbons (Fsp3) is 0.400. The normalized spacial score (nSPS) is 12.2. The van der Waals surface area contributed by atoms with Gasteiger partial charge in [0.1, 0.15) is 18.3 Å². The fourth-order valence-electron chi connectivity index (χ4n) is 3.54. The van der Waals surface area contributed by atoms with Crippen LogP contribution in [0.3, 0.4) is 0 Å². The van der Waals surface area contributed by atoms with Crippen molar-refractivity contribution >= 4 is 23.4 Å². The molecule has 10 heteroatoms. The van der Waals surface area contributed by atoms with Crippen molar-refractivity contribution < 1.29 is 14.3 Å². The summed E-state index contributed by atoms with van der Waals surface area (Å²) in [5, 5.41) is 16.0. The SMILES string of the molecule is CC[C@H](C(=O)NC(C)(C)C)N(Cc1ccc(OC)cc1)C(=O)Cn1nnc(-c2ccc(Cl)cc2)n1. The zero-order chi connectivity index (χ0) is 25.6. The first-order chi connectivity index (χ1) is 16.6. The number of tetrazole rings is 1. The summed E-state index contributed by atoms with van der Waals surface area (Å²) in [5.41, 5.74) is 1.18. The molecule has 1 heterocycles. The van der Waals surface area contributed by atoms with Gasteiger partial charge in [-0.15, -0.1) is 10.2 Å². The summed E-state index contributed by atoms with van der Waals surface area (Å²) in [6, 6.07) is 13.8. The van der Waals surface area contributed by atoms with E-state index in [1.807, 2.05) is 52.0 Å². The lowest BCUT2D eigenvalue weighted by Gasteiger charge is -2.33. The van der Waals surface area contributed by atoms with E-state index in [1.165, 1.54) is 4.80 Å². The van der Waals surface area contributed by atoms with E-state index in [0.717, 1.165) is 11.1 Å². The minimum atomic E-state index is -0.664. The molecule has 1 aromatic heterocycles. The molecule has 35 heavy (non-hydrogen) atoms. The summed E-state index contributed by atoms with van der Waals surface area (Å²) in [6.07, 6.45) is 0.449. The average Bonchev–Trinajstić information content (AvgIpc) is 3.27. The molecule has 3 rings (SSSR count). The molecule has 0 aliphatic rings. The lowest BCUT2D eigenvalue weighted by Crippen LogP contribution is -2.54. The fourth-order valence-corrected chi connectivity index (χ4v) is 3.66. The molecule has 1 atom stereocenters. The van der Waals surface area contributed by atoms with Crippen molar-refractivity contribution in [2.24, 2.45) is 0 Å². The summed E-state index contributed by atoms with van der Waals surface area (Å²) < 4.78 is 5.23. The summed E-state index contributed by atoms with van der Waals surface area (Å²) >= 11 is 5.95. The lowest BCUT2D eigenvalue weighted by molar-refractivity contribution is -0.142. The van der Waals surface area contributed by atoms with E-state index in [9.17, 15) is 9.59 Å². The van der Waals surface area contributed by atoms with Crippen LogP contribution in [-0.2, 0) is 22.7 Å². The van der Waals surface area contributed by atoms with Gasteiger partial charge in [-0.25, -0.2) is 0 Å². The summed E-state index contributed by atoms with van der Waals surface area (Å²) in [4.78, 5) is 29.4. The monoisotopic (exact) mass is 498 g/mol. The molecule has 0 bridgehead atoms. The number of rotatable bonds is 9. The van der Waals surface area contributed by atoms with Crippen LogP contribution in [0.5, 0.6) is 5.75 Å². The van der Waals surface area contributed by atoms with Crippen LogP contribution in [0.25, 0.3) is 11.4 Å². The highest BCUT2D eigenvalue weighted by atomic mass is 35.5. The van der Waals surface area contributed by atoms with Crippen LogP contribution in [-0.4, -0.2) is 55.6 Å². The smallest absolute Gasteiger partial charge is 0.247 e. The molecule has 0 aliphatic carbocycles. The van der Waals surface area contributed by atoms with E-state index in [4.69, 9.17) is 16.3 Å². The Morgan fingerprint density at radius 3 is 2.34 bits per heavy atom. The highest BCUT2D eigenvalue weighted by Gasteiger charge is 2.31. The van der Waals surface area contributed by atoms with E-state index < -0.39 is 11.6 Å². The molecular weight excluding hydrogens is 468 g/mol. The van der Waals surface area contributed by atoms with Crippen molar-refractivity contribution in [2.45, 2.75) is 58.8 Å². The highest BCUT2D eigenvalue weighted by Crippen LogP contribution is 2.19. The van der Waals surface area contributed by atoms with Crippen LogP contribution in [0.2, 0.25) is 5.02 Å². The van der Waals surface area contributed by atoms with Crippen LogP contribution in [0.4, 0.5) is 0 Å². The van der Waals surface area contributed by atoms with Gasteiger partial charge in [-0.05, 0) is 74.4 Å². The second-order valence-corrected chi connectivity index (χ2v) is 9.62. The van der Waals surface area contributed by atoms with E-state index in [0.29, 0.717) is 23.0 Å². The zero-order valence-electron chi connectivity index (χ0n) is 20.7. The molecule has 2 amide bonds.